The number of rotatable bonds is 59. The lowest BCUT2D eigenvalue weighted by molar-refractivity contribution is -0.161. The van der Waals surface area contributed by atoms with Crippen molar-refractivity contribution in [2.75, 3.05) is 39.6 Å². The van der Waals surface area contributed by atoms with E-state index in [9.17, 15) is 43.2 Å². The van der Waals surface area contributed by atoms with Gasteiger partial charge >= 0.3 is 39.5 Å². The van der Waals surface area contributed by atoms with Crippen molar-refractivity contribution in [1.82, 2.24) is 0 Å². The number of aliphatic hydroxyl groups excluding tert-OH is 1. The van der Waals surface area contributed by atoms with E-state index >= 15 is 0 Å². The fourth-order valence-electron chi connectivity index (χ4n) is 9.08. The van der Waals surface area contributed by atoms with E-state index in [4.69, 9.17) is 37.0 Å². The van der Waals surface area contributed by atoms with Crippen LogP contribution in [0, 0.1) is 23.7 Å². The van der Waals surface area contributed by atoms with Gasteiger partial charge in [-0.05, 0) is 49.4 Å². The summed E-state index contributed by atoms with van der Waals surface area (Å²) in [6.07, 6.45) is 31.1. The Morgan fingerprint density at radius 1 is 0.309 bits per heavy atom. The number of carbonyl (C=O) groups excluding carboxylic acids is 4. The van der Waals surface area contributed by atoms with E-state index in [1.54, 1.807) is 0 Å². The number of phosphoric ester groups is 2. The van der Waals surface area contributed by atoms with Gasteiger partial charge in [0.15, 0.2) is 12.2 Å². The molecule has 0 radical (unpaired) electrons. The van der Waals surface area contributed by atoms with Crippen LogP contribution in [-0.2, 0) is 65.4 Å². The van der Waals surface area contributed by atoms with Gasteiger partial charge in [-0.2, -0.15) is 0 Å². The number of ether oxygens (including phenoxy) is 4. The maximum atomic E-state index is 12.9. The lowest BCUT2D eigenvalue weighted by Crippen LogP contribution is -2.30. The lowest BCUT2D eigenvalue weighted by Gasteiger charge is -2.21. The Labute approximate surface area is 492 Å². The zero-order chi connectivity index (χ0) is 60.4. The molecule has 480 valence electrons. The van der Waals surface area contributed by atoms with Crippen molar-refractivity contribution in [1.29, 1.82) is 0 Å². The van der Waals surface area contributed by atoms with Gasteiger partial charge in [-0.25, -0.2) is 9.13 Å². The molecule has 0 saturated carbocycles. The molecule has 0 aromatic heterocycles. The fourth-order valence-corrected chi connectivity index (χ4v) is 10.7. The monoisotopic (exact) mass is 1200 g/mol. The number of unbranched alkanes of at least 4 members (excludes halogenated alkanes) is 25. The van der Waals surface area contributed by atoms with Crippen molar-refractivity contribution in [2.24, 2.45) is 23.7 Å². The standard InChI is InChI=1S/C62H120O17P2/c1-52(2)38-30-22-14-9-11-17-26-34-42-59(64)72-48-57(79-62(67)45-37-29-19-13-16-24-32-40-54(5)6)50-76-80(68,69)74-46-56(63)47-75-81(70,71)77-51-58(49-73-60(65)43-35-27-21-20-25-33-41-55(7)8)78-61(66)44-36-28-18-12-10-15-23-31-39-53(3)4/h52-58,63H,9-51H2,1-8H3,(H,68,69)(H,70,71)/t56-,57-,58-/m1/s1. The van der Waals surface area contributed by atoms with Gasteiger partial charge in [0, 0.05) is 25.7 Å². The molecule has 0 fully saturated rings. The molecule has 5 atom stereocenters. The van der Waals surface area contributed by atoms with E-state index in [2.05, 4.69) is 55.4 Å². The molecule has 0 aromatic rings. The average molecular weight is 1200 g/mol. The zero-order valence-electron chi connectivity index (χ0n) is 52.4. The molecule has 2 unspecified atom stereocenters. The van der Waals surface area contributed by atoms with Crippen LogP contribution in [0.2, 0.25) is 0 Å². The van der Waals surface area contributed by atoms with Crippen LogP contribution in [0.5, 0.6) is 0 Å². The summed E-state index contributed by atoms with van der Waals surface area (Å²) in [5, 5.41) is 10.5. The van der Waals surface area contributed by atoms with Crippen LogP contribution in [0.1, 0.15) is 293 Å². The predicted molar refractivity (Wildman–Crippen MR) is 321 cm³/mol. The molecule has 0 amide bonds. The van der Waals surface area contributed by atoms with Crippen molar-refractivity contribution in [3.05, 3.63) is 0 Å². The number of aliphatic hydroxyl groups is 1. The summed E-state index contributed by atoms with van der Waals surface area (Å²) in [6.45, 7) is 13.8. The molecule has 0 aliphatic heterocycles. The molecular formula is C62H120O17P2. The summed E-state index contributed by atoms with van der Waals surface area (Å²) in [6, 6.07) is 0. The van der Waals surface area contributed by atoms with Crippen LogP contribution in [-0.4, -0.2) is 96.7 Å². The maximum Gasteiger partial charge on any atom is 0.472 e. The van der Waals surface area contributed by atoms with Crippen LogP contribution in [0.25, 0.3) is 0 Å². The molecule has 0 rings (SSSR count). The molecule has 0 aliphatic rings. The second kappa shape index (κ2) is 52.4. The maximum absolute atomic E-state index is 12.9. The van der Waals surface area contributed by atoms with Crippen molar-refractivity contribution in [2.45, 2.75) is 311 Å². The van der Waals surface area contributed by atoms with Gasteiger partial charge in [0.1, 0.15) is 19.3 Å². The van der Waals surface area contributed by atoms with Crippen molar-refractivity contribution < 1.29 is 80.2 Å². The zero-order valence-corrected chi connectivity index (χ0v) is 54.2. The SMILES string of the molecule is CC(C)CCCCCCCCCCC(=O)OC[C@H](COP(=O)(O)OC[C@@H](O)COP(=O)(O)OC[C@@H](COC(=O)CCCCCCCCC(C)C)OC(=O)CCCCCCCCCCC(C)C)OC(=O)CCCCCCCCCC(C)C. The van der Waals surface area contributed by atoms with Gasteiger partial charge in [0.2, 0.25) is 0 Å². The van der Waals surface area contributed by atoms with Gasteiger partial charge in [0.25, 0.3) is 0 Å². The summed E-state index contributed by atoms with van der Waals surface area (Å²) >= 11 is 0. The lowest BCUT2D eigenvalue weighted by atomic mass is 10.0. The molecular weight excluding hydrogens is 1080 g/mol. The van der Waals surface area contributed by atoms with Crippen LogP contribution < -0.4 is 0 Å². The average Bonchev–Trinajstić information content (AvgIpc) is 3.40. The first-order valence-electron chi connectivity index (χ1n) is 32.2. The van der Waals surface area contributed by atoms with E-state index in [0.29, 0.717) is 37.5 Å². The molecule has 81 heavy (non-hydrogen) atoms. The Morgan fingerprint density at radius 3 is 0.765 bits per heavy atom. The second-order valence-corrected chi connectivity index (χ2v) is 27.3. The van der Waals surface area contributed by atoms with Gasteiger partial charge < -0.3 is 33.8 Å². The summed E-state index contributed by atoms with van der Waals surface area (Å²) in [5.41, 5.74) is 0. The minimum atomic E-state index is -4.94. The Kier molecular flexibility index (Phi) is 51.1. The molecule has 0 heterocycles. The van der Waals surface area contributed by atoms with Crippen LogP contribution >= 0.6 is 15.6 Å². The highest BCUT2D eigenvalue weighted by Crippen LogP contribution is 2.45. The molecule has 0 spiro atoms. The van der Waals surface area contributed by atoms with Gasteiger partial charge in [0.05, 0.1) is 26.4 Å². The summed E-state index contributed by atoms with van der Waals surface area (Å²) in [5.74, 6) is 0.673. The van der Waals surface area contributed by atoms with Crippen molar-refractivity contribution in [3.8, 4) is 0 Å². The molecule has 0 bridgehead atoms. The molecule has 19 heteroatoms. The predicted octanol–water partition coefficient (Wildman–Crippen LogP) is 16.6. The third-order valence-corrected chi connectivity index (χ3v) is 16.0. The minimum Gasteiger partial charge on any atom is -0.462 e. The summed E-state index contributed by atoms with van der Waals surface area (Å²) in [7, 11) is -9.88. The van der Waals surface area contributed by atoms with Crippen molar-refractivity contribution >= 4 is 39.5 Å². The number of hydrogen-bond acceptors (Lipinski definition) is 15. The normalized spacial score (nSPS) is 14.5. The first-order chi connectivity index (χ1) is 38.6. The van der Waals surface area contributed by atoms with E-state index < -0.39 is 97.5 Å². The number of esters is 4. The van der Waals surface area contributed by atoms with E-state index in [1.165, 1.54) is 89.9 Å². The fraction of sp³-hybridized carbons (Fsp3) is 0.935. The van der Waals surface area contributed by atoms with Crippen LogP contribution in [0.15, 0.2) is 0 Å². The molecule has 0 aromatic carbocycles. The Bertz CT molecular complexity index is 1630. The number of phosphoric acid groups is 2. The number of hydrogen-bond donors (Lipinski definition) is 3. The Balaban J connectivity index is 5.25. The first-order valence-corrected chi connectivity index (χ1v) is 35.2. The molecule has 0 aliphatic carbocycles. The third kappa shape index (κ3) is 56.9. The van der Waals surface area contributed by atoms with Gasteiger partial charge in [-0.15, -0.1) is 0 Å². The molecule has 0 saturated heterocycles. The minimum absolute atomic E-state index is 0.102. The van der Waals surface area contributed by atoms with Crippen LogP contribution in [0.3, 0.4) is 0 Å². The summed E-state index contributed by atoms with van der Waals surface area (Å²) in [4.78, 5) is 72.1. The topological polar surface area (TPSA) is 237 Å². The van der Waals surface area contributed by atoms with Crippen LogP contribution in [0.4, 0.5) is 0 Å². The molecule has 17 nitrogen and oxygen atoms in total. The highest BCUT2D eigenvalue weighted by atomic mass is 31.2. The van der Waals surface area contributed by atoms with Gasteiger partial charge in [-0.3, -0.25) is 37.3 Å². The Morgan fingerprint density at radius 2 is 0.519 bits per heavy atom. The second-order valence-electron chi connectivity index (χ2n) is 24.3. The van der Waals surface area contributed by atoms with E-state index in [0.717, 1.165) is 108 Å². The third-order valence-electron chi connectivity index (χ3n) is 14.1. The first kappa shape index (κ1) is 79.1. The highest BCUT2D eigenvalue weighted by Gasteiger charge is 2.30. The van der Waals surface area contributed by atoms with Gasteiger partial charge in [-0.1, -0.05) is 242 Å². The Hall–Kier alpha value is -1.94. The van der Waals surface area contributed by atoms with Crippen molar-refractivity contribution in [3.63, 3.8) is 0 Å². The smallest absolute Gasteiger partial charge is 0.462 e. The quantitative estimate of drug-likeness (QED) is 0.0222. The highest BCUT2D eigenvalue weighted by molar-refractivity contribution is 7.47. The van der Waals surface area contributed by atoms with E-state index in [1.807, 2.05) is 0 Å². The molecule has 3 N–H and O–H groups in total. The summed E-state index contributed by atoms with van der Waals surface area (Å²) < 4.78 is 67.8. The van der Waals surface area contributed by atoms with E-state index in [-0.39, 0.29) is 25.7 Å². The number of carbonyl (C=O) groups is 4. The largest absolute Gasteiger partial charge is 0.472 e.